The summed E-state index contributed by atoms with van der Waals surface area (Å²) in [4.78, 5) is 29.5. The lowest BCUT2D eigenvalue weighted by molar-refractivity contribution is -0.157. The summed E-state index contributed by atoms with van der Waals surface area (Å²) in [5.74, 6) is -0.856. The number of fused-ring (bicyclic) bond motifs is 1. The van der Waals surface area contributed by atoms with Crippen LogP contribution in [0.1, 0.15) is 46.1 Å². The molecule has 0 bridgehead atoms. The van der Waals surface area contributed by atoms with Crippen molar-refractivity contribution < 1.29 is 9.59 Å². The summed E-state index contributed by atoms with van der Waals surface area (Å²) < 4.78 is 0. The molecule has 1 saturated heterocycles. The van der Waals surface area contributed by atoms with E-state index in [0.717, 1.165) is 17.7 Å². The van der Waals surface area contributed by atoms with Crippen molar-refractivity contribution >= 4 is 17.5 Å². The number of hydrogen-bond acceptors (Lipinski definition) is 3. The molecular formula is C19H27N3O2. The number of rotatable bonds is 0. The molecule has 0 saturated carbocycles. The van der Waals surface area contributed by atoms with Crippen LogP contribution in [0, 0.1) is 0 Å². The minimum atomic E-state index is -0.437. The van der Waals surface area contributed by atoms with Crippen LogP contribution in [0.4, 0.5) is 5.69 Å². The molecule has 1 aromatic rings. The van der Waals surface area contributed by atoms with Gasteiger partial charge in [0.25, 0.3) is 0 Å². The molecule has 0 spiro atoms. The molecule has 1 fully saturated rings. The summed E-state index contributed by atoms with van der Waals surface area (Å²) in [6.07, 6.45) is 2.20. The third-order valence-electron chi connectivity index (χ3n) is 5.25. The number of carbonyl (C=O) groups excluding carboxylic acids is 2. The Kier molecular flexibility index (Phi) is 3.95. The van der Waals surface area contributed by atoms with Crippen molar-refractivity contribution in [3.8, 4) is 0 Å². The summed E-state index contributed by atoms with van der Waals surface area (Å²) in [7, 11) is 0. The molecule has 2 aliphatic rings. The highest BCUT2D eigenvalue weighted by molar-refractivity contribution is 6.40. The number of benzene rings is 1. The maximum Gasteiger partial charge on any atom is 0.316 e. The largest absolute Gasteiger partial charge is 0.328 e. The molecule has 24 heavy (non-hydrogen) atoms. The van der Waals surface area contributed by atoms with Gasteiger partial charge in [-0.2, -0.15) is 0 Å². The van der Waals surface area contributed by atoms with Crippen LogP contribution >= 0.6 is 0 Å². The molecule has 0 atom stereocenters. The number of anilines is 1. The predicted octanol–water partition coefficient (Wildman–Crippen LogP) is 2.08. The smallest absolute Gasteiger partial charge is 0.316 e. The molecule has 5 nitrogen and oxygen atoms in total. The molecule has 2 aliphatic heterocycles. The Morgan fingerprint density at radius 2 is 1.62 bits per heavy atom. The van der Waals surface area contributed by atoms with Crippen molar-refractivity contribution in [2.75, 3.05) is 11.4 Å². The SMILES string of the molecule is CC1(C)CC(N)CC(C)(C)N1C(=O)C(=O)N1CCc2ccccc21. The van der Waals surface area contributed by atoms with Gasteiger partial charge in [-0.05, 0) is 58.6 Å². The van der Waals surface area contributed by atoms with Crippen LogP contribution < -0.4 is 10.6 Å². The number of carbonyl (C=O) groups is 2. The molecule has 130 valence electrons. The number of amides is 2. The first-order chi connectivity index (χ1) is 11.1. The number of nitrogens with zero attached hydrogens (tertiary/aromatic N) is 2. The number of nitrogens with two attached hydrogens (primary N) is 1. The third-order valence-corrected chi connectivity index (χ3v) is 5.25. The lowest BCUT2D eigenvalue weighted by atomic mass is 9.77. The average molecular weight is 329 g/mol. The van der Waals surface area contributed by atoms with E-state index in [1.807, 2.05) is 52.0 Å². The van der Waals surface area contributed by atoms with Crippen molar-refractivity contribution in [2.24, 2.45) is 5.73 Å². The third kappa shape index (κ3) is 2.71. The van der Waals surface area contributed by atoms with Crippen molar-refractivity contribution in [1.82, 2.24) is 4.90 Å². The highest BCUT2D eigenvalue weighted by Crippen LogP contribution is 2.38. The first kappa shape index (κ1) is 17.0. The fourth-order valence-electron chi connectivity index (χ4n) is 4.67. The summed E-state index contributed by atoms with van der Waals surface area (Å²) in [5, 5.41) is 0. The van der Waals surface area contributed by atoms with Crippen LogP contribution in [0.5, 0.6) is 0 Å². The number of piperidine rings is 1. The van der Waals surface area contributed by atoms with E-state index >= 15 is 0 Å². The molecule has 1 aromatic carbocycles. The van der Waals surface area contributed by atoms with Crippen LogP contribution in [-0.2, 0) is 16.0 Å². The van der Waals surface area contributed by atoms with Crippen LogP contribution in [0.25, 0.3) is 0 Å². The van der Waals surface area contributed by atoms with E-state index < -0.39 is 22.9 Å². The zero-order chi connectivity index (χ0) is 17.7. The summed E-state index contributed by atoms with van der Waals surface area (Å²) in [6.45, 7) is 8.56. The molecule has 3 rings (SSSR count). The van der Waals surface area contributed by atoms with E-state index in [4.69, 9.17) is 5.73 Å². The van der Waals surface area contributed by atoms with Crippen molar-refractivity contribution in [2.45, 2.75) is 64.1 Å². The van der Waals surface area contributed by atoms with Crippen LogP contribution in [0.15, 0.2) is 24.3 Å². The zero-order valence-corrected chi connectivity index (χ0v) is 15.0. The van der Waals surface area contributed by atoms with Gasteiger partial charge in [0.2, 0.25) is 0 Å². The second-order valence-electron chi connectivity index (χ2n) is 8.27. The second-order valence-corrected chi connectivity index (χ2v) is 8.27. The van der Waals surface area contributed by atoms with Crippen LogP contribution in [0.2, 0.25) is 0 Å². The molecule has 2 N–H and O–H groups in total. The number of likely N-dealkylation sites (tertiary alicyclic amines) is 1. The Morgan fingerprint density at radius 1 is 1.04 bits per heavy atom. The van der Waals surface area contributed by atoms with E-state index in [1.165, 1.54) is 0 Å². The predicted molar refractivity (Wildman–Crippen MR) is 94.7 cm³/mol. The van der Waals surface area contributed by atoms with Crippen molar-refractivity contribution in [3.05, 3.63) is 29.8 Å². The average Bonchev–Trinajstić information content (AvgIpc) is 2.87. The molecule has 0 aliphatic carbocycles. The topological polar surface area (TPSA) is 66.6 Å². The van der Waals surface area contributed by atoms with E-state index in [9.17, 15) is 9.59 Å². The first-order valence-corrected chi connectivity index (χ1v) is 8.63. The fraction of sp³-hybridized carbons (Fsp3) is 0.579. The molecule has 0 unspecified atom stereocenters. The van der Waals surface area contributed by atoms with Gasteiger partial charge in [0.1, 0.15) is 0 Å². The Balaban J connectivity index is 1.90. The Hall–Kier alpha value is -1.88. The Labute approximate surface area is 143 Å². The van der Waals surface area contributed by atoms with Crippen molar-refractivity contribution in [3.63, 3.8) is 0 Å². The minimum Gasteiger partial charge on any atom is -0.328 e. The van der Waals surface area contributed by atoms with E-state index in [2.05, 4.69) is 0 Å². The van der Waals surface area contributed by atoms with Gasteiger partial charge in [-0.1, -0.05) is 18.2 Å². The second kappa shape index (κ2) is 5.59. The van der Waals surface area contributed by atoms with E-state index in [-0.39, 0.29) is 6.04 Å². The maximum atomic E-state index is 13.1. The van der Waals surface area contributed by atoms with Gasteiger partial charge in [0.15, 0.2) is 0 Å². The highest BCUT2D eigenvalue weighted by Gasteiger charge is 2.49. The molecule has 2 heterocycles. The molecule has 5 heteroatoms. The van der Waals surface area contributed by atoms with Crippen molar-refractivity contribution in [1.29, 1.82) is 0 Å². The Morgan fingerprint density at radius 3 is 2.25 bits per heavy atom. The zero-order valence-electron chi connectivity index (χ0n) is 15.0. The molecule has 0 aromatic heterocycles. The van der Waals surface area contributed by atoms with Gasteiger partial charge >= 0.3 is 11.8 Å². The number of para-hydroxylation sites is 1. The normalized spacial score (nSPS) is 22.4. The van der Waals surface area contributed by atoms with Gasteiger partial charge < -0.3 is 15.5 Å². The van der Waals surface area contributed by atoms with E-state index in [0.29, 0.717) is 19.4 Å². The quantitative estimate of drug-likeness (QED) is 0.741. The van der Waals surface area contributed by atoms with Crippen LogP contribution in [0.3, 0.4) is 0 Å². The summed E-state index contributed by atoms with van der Waals surface area (Å²) in [5.41, 5.74) is 7.29. The van der Waals surface area contributed by atoms with Gasteiger partial charge in [-0.15, -0.1) is 0 Å². The minimum absolute atomic E-state index is 0.0432. The molecule has 0 radical (unpaired) electrons. The standard InChI is InChI=1S/C19H27N3O2/c1-18(2)11-14(20)12-19(3,4)22(18)17(24)16(23)21-10-9-13-7-5-6-8-15(13)21/h5-8,14H,9-12,20H2,1-4H3. The Bertz CT molecular complexity index is 663. The first-order valence-electron chi connectivity index (χ1n) is 8.63. The lowest BCUT2D eigenvalue weighted by Crippen LogP contribution is -2.67. The van der Waals surface area contributed by atoms with Crippen LogP contribution in [-0.4, -0.2) is 40.4 Å². The van der Waals surface area contributed by atoms with Gasteiger partial charge in [-0.3, -0.25) is 9.59 Å². The van der Waals surface area contributed by atoms with E-state index in [1.54, 1.807) is 9.80 Å². The van der Waals surface area contributed by atoms with Gasteiger partial charge in [-0.25, -0.2) is 0 Å². The van der Waals surface area contributed by atoms with Gasteiger partial charge in [0, 0.05) is 29.4 Å². The summed E-state index contributed by atoms with van der Waals surface area (Å²) >= 11 is 0. The van der Waals surface area contributed by atoms with Gasteiger partial charge in [0.05, 0.1) is 0 Å². The fourth-order valence-corrected chi connectivity index (χ4v) is 4.67. The monoisotopic (exact) mass is 329 g/mol. The lowest BCUT2D eigenvalue weighted by Gasteiger charge is -2.54. The summed E-state index contributed by atoms with van der Waals surface area (Å²) in [6, 6.07) is 7.84. The molecule has 2 amide bonds. The highest BCUT2D eigenvalue weighted by atomic mass is 16.2. The maximum absolute atomic E-state index is 13.1. The number of hydrogen-bond donors (Lipinski definition) is 1. The molecular weight excluding hydrogens is 302 g/mol.